The number of fused-ring (bicyclic) bond motifs is 1. The van der Waals surface area contributed by atoms with Crippen LogP contribution in [0.25, 0.3) is 5.78 Å². The summed E-state index contributed by atoms with van der Waals surface area (Å²) in [4.78, 5) is 24.4. The predicted molar refractivity (Wildman–Crippen MR) is 73.1 cm³/mol. The number of nitrogens with one attached hydrogen (secondary N) is 1. The molecule has 1 atom stereocenters. The van der Waals surface area contributed by atoms with Gasteiger partial charge < -0.3 is 5.32 Å². The van der Waals surface area contributed by atoms with Crippen LogP contribution >= 0.6 is 0 Å². The Morgan fingerprint density at radius 1 is 1.30 bits per heavy atom. The van der Waals surface area contributed by atoms with Gasteiger partial charge in [-0.1, -0.05) is 0 Å². The topological polar surface area (TPSA) is 72.2 Å². The van der Waals surface area contributed by atoms with Gasteiger partial charge in [-0.3, -0.25) is 14.2 Å². The number of amides is 1. The van der Waals surface area contributed by atoms with Crippen molar-refractivity contribution in [1.82, 2.24) is 24.7 Å². The second kappa shape index (κ2) is 5.08. The minimum absolute atomic E-state index is 0.108. The Bertz CT molecular complexity index is 704. The zero-order chi connectivity index (χ0) is 13.9. The zero-order valence-electron chi connectivity index (χ0n) is 10.9. The molecule has 0 bridgehead atoms. The first-order chi connectivity index (χ1) is 9.74. The number of aromatic nitrogens is 4. The molecule has 1 amide bonds. The van der Waals surface area contributed by atoms with Crippen LogP contribution in [-0.4, -0.2) is 25.3 Å². The zero-order valence-corrected chi connectivity index (χ0v) is 10.9. The molecule has 0 saturated carbocycles. The molecule has 0 aliphatic heterocycles. The van der Waals surface area contributed by atoms with Crippen LogP contribution in [-0.2, 0) is 0 Å². The van der Waals surface area contributed by atoms with Crippen LogP contribution in [0.1, 0.15) is 29.0 Å². The molecule has 3 aromatic heterocycles. The molecule has 0 unspecified atom stereocenters. The van der Waals surface area contributed by atoms with Gasteiger partial charge in [-0.15, -0.1) is 0 Å². The van der Waals surface area contributed by atoms with Crippen molar-refractivity contribution in [2.24, 2.45) is 0 Å². The molecular formula is C14H13N5O. The molecule has 100 valence electrons. The molecule has 0 saturated heterocycles. The Balaban J connectivity index is 1.79. The van der Waals surface area contributed by atoms with Gasteiger partial charge in [-0.05, 0) is 30.7 Å². The van der Waals surface area contributed by atoms with E-state index in [2.05, 4.69) is 20.3 Å². The molecule has 0 spiro atoms. The fourth-order valence-electron chi connectivity index (χ4n) is 1.95. The highest BCUT2D eigenvalue weighted by molar-refractivity contribution is 5.92. The fraction of sp³-hybridized carbons (Fsp3) is 0.143. The van der Waals surface area contributed by atoms with Crippen LogP contribution in [0.2, 0.25) is 0 Å². The van der Waals surface area contributed by atoms with Gasteiger partial charge in [0.25, 0.3) is 5.91 Å². The maximum absolute atomic E-state index is 12.2. The Morgan fingerprint density at radius 3 is 2.85 bits per heavy atom. The molecule has 1 N–H and O–H groups in total. The van der Waals surface area contributed by atoms with E-state index in [1.165, 1.54) is 0 Å². The third kappa shape index (κ3) is 2.35. The van der Waals surface area contributed by atoms with Gasteiger partial charge in [-0.25, -0.2) is 9.97 Å². The van der Waals surface area contributed by atoms with Crippen LogP contribution in [0.3, 0.4) is 0 Å². The van der Waals surface area contributed by atoms with E-state index >= 15 is 0 Å². The van der Waals surface area contributed by atoms with E-state index < -0.39 is 0 Å². The summed E-state index contributed by atoms with van der Waals surface area (Å²) >= 11 is 0. The molecule has 6 heteroatoms. The highest BCUT2D eigenvalue weighted by atomic mass is 16.2. The van der Waals surface area contributed by atoms with Gasteiger partial charge in [0.1, 0.15) is 5.69 Å². The molecule has 0 aliphatic carbocycles. The van der Waals surface area contributed by atoms with Crippen LogP contribution < -0.4 is 5.32 Å². The number of hydrogen-bond acceptors (Lipinski definition) is 4. The molecule has 0 radical (unpaired) electrons. The number of imidazole rings is 1. The van der Waals surface area contributed by atoms with Gasteiger partial charge in [0.15, 0.2) is 0 Å². The Kier molecular flexibility index (Phi) is 3.12. The lowest BCUT2D eigenvalue weighted by Gasteiger charge is -2.12. The third-order valence-corrected chi connectivity index (χ3v) is 3.02. The normalized spacial score (nSPS) is 12.2. The van der Waals surface area contributed by atoms with Gasteiger partial charge in [0, 0.05) is 31.0 Å². The summed E-state index contributed by atoms with van der Waals surface area (Å²) in [7, 11) is 0. The Labute approximate surface area is 115 Å². The predicted octanol–water partition coefficient (Wildman–Crippen LogP) is 1.62. The van der Waals surface area contributed by atoms with E-state index in [-0.39, 0.29) is 11.9 Å². The number of pyridine rings is 1. The minimum atomic E-state index is -0.222. The van der Waals surface area contributed by atoms with Crippen molar-refractivity contribution < 1.29 is 4.79 Å². The molecule has 3 heterocycles. The van der Waals surface area contributed by atoms with E-state index in [0.29, 0.717) is 11.5 Å². The largest absolute Gasteiger partial charge is 0.344 e. The molecular weight excluding hydrogens is 254 g/mol. The number of nitrogens with zero attached hydrogens (tertiary/aromatic N) is 4. The summed E-state index contributed by atoms with van der Waals surface area (Å²) in [6.45, 7) is 1.92. The van der Waals surface area contributed by atoms with Gasteiger partial charge >= 0.3 is 0 Å². The lowest BCUT2D eigenvalue weighted by atomic mass is 10.1. The van der Waals surface area contributed by atoms with E-state index in [1.807, 2.05) is 19.1 Å². The Hall–Kier alpha value is -2.76. The van der Waals surface area contributed by atoms with Gasteiger partial charge in [-0.2, -0.15) is 0 Å². The first-order valence-corrected chi connectivity index (χ1v) is 6.24. The second-order valence-electron chi connectivity index (χ2n) is 4.43. The van der Waals surface area contributed by atoms with Crippen LogP contribution in [0.4, 0.5) is 0 Å². The number of rotatable bonds is 3. The standard InChI is InChI=1S/C14H13N5O/c1-10(11-3-6-15-7-4-11)17-13(20)12-9-19-8-2-5-16-14(19)18-12/h2-10H,1H3,(H,17,20)/t10-/m1/s1. The summed E-state index contributed by atoms with van der Waals surface area (Å²) in [5.74, 6) is 0.286. The highest BCUT2D eigenvalue weighted by Gasteiger charge is 2.14. The Morgan fingerprint density at radius 2 is 2.10 bits per heavy atom. The highest BCUT2D eigenvalue weighted by Crippen LogP contribution is 2.11. The van der Waals surface area contributed by atoms with Crippen LogP contribution in [0.5, 0.6) is 0 Å². The second-order valence-corrected chi connectivity index (χ2v) is 4.43. The molecule has 0 aliphatic rings. The maximum Gasteiger partial charge on any atom is 0.272 e. The quantitative estimate of drug-likeness (QED) is 0.782. The van der Waals surface area contributed by atoms with E-state index in [0.717, 1.165) is 5.56 Å². The van der Waals surface area contributed by atoms with Gasteiger partial charge in [0.05, 0.1) is 6.04 Å². The molecule has 3 rings (SSSR count). The molecule has 6 nitrogen and oxygen atoms in total. The van der Waals surface area contributed by atoms with Crippen molar-refractivity contribution >= 4 is 11.7 Å². The van der Waals surface area contributed by atoms with Crippen molar-refractivity contribution in [3.05, 3.63) is 60.4 Å². The van der Waals surface area contributed by atoms with E-state index in [4.69, 9.17) is 0 Å². The van der Waals surface area contributed by atoms with E-state index in [1.54, 1.807) is 41.5 Å². The molecule has 20 heavy (non-hydrogen) atoms. The first-order valence-electron chi connectivity index (χ1n) is 6.24. The van der Waals surface area contributed by atoms with Crippen molar-refractivity contribution in [2.75, 3.05) is 0 Å². The number of carbonyl (C=O) groups is 1. The van der Waals surface area contributed by atoms with Crippen molar-refractivity contribution in [1.29, 1.82) is 0 Å². The molecule has 3 aromatic rings. The summed E-state index contributed by atoms with van der Waals surface area (Å²) in [5.41, 5.74) is 1.35. The fourth-order valence-corrected chi connectivity index (χ4v) is 1.95. The first kappa shape index (κ1) is 12.3. The third-order valence-electron chi connectivity index (χ3n) is 3.02. The summed E-state index contributed by atoms with van der Waals surface area (Å²) < 4.78 is 1.71. The van der Waals surface area contributed by atoms with Gasteiger partial charge in [0.2, 0.25) is 5.78 Å². The summed E-state index contributed by atoms with van der Waals surface area (Å²) in [6, 6.07) is 5.42. The minimum Gasteiger partial charge on any atom is -0.344 e. The van der Waals surface area contributed by atoms with Crippen molar-refractivity contribution in [3.63, 3.8) is 0 Å². The molecule has 0 fully saturated rings. The summed E-state index contributed by atoms with van der Waals surface area (Å²) in [6.07, 6.45) is 8.51. The van der Waals surface area contributed by atoms with Crippen molar-refractivity contribution in [2.45, 2.75) is 13.0 Å². The van der Waals surface area contributed by atoms with E-state index in [9.17, 15) is 4.79 Å². The average Bonchev–Trinajstić information content (AvgIpc) is 2.92. The van der Waals surface area contributed by atoms with Crippen molar-refractivity contribution in [3.8, 4) is 0 Å². The average molecular weight is 267 g/mol. The summed E-state index contributed by atoms with van der Waals surface area (Å²) in [5, 5.41) is 2.90. The number of carbonyl (C=O) groups excluding carboxylic acids is 1. The SMILES string of the molecule is C[C@@H](NC(=O)c1cn2cccnc2n1)c1ccncc1. The van der Waals surface area contributed by atoms with Crippen LogP contribution in [0, 0.1) is 0 Å². The lowest BCUT2D eigenvalue weighted by molar-refractivity contribution is 0.0935. The molecule has 0 aromatic carbocycles. The number of hydrogen-bond donors (Lipinski definition) is 1. The maximum atomic E-state index is 12.2. The smallest absolute Gasteiger partial charge is 0.272 e. The monoisotopic (exact) mass is 267 g/mol. The lowest BCUT2D eigenvalue weighted by Crippen LogP contribution is -2.26. The van der Waals surface area contributed by atoms with Crippen LogP contribution in [0.15, 0.2) is 49.2 Å².